The second kappa shape index (κ2) is 7.69. The molecule has 0 aliphatic rings. The van der Waals surface area contributed by atoms with E-state index in [1.807, 2.05) is 18.9 Å². The number of carbonyl (C=O) groups excluding carboxylic acids is 1. The summed E-state index contributed by atoms with van der Waals surface area (Å²) < 4.78 is 0. The Balaban J connectivity index is 3.78. The topological polar surface area (TPSA) is 40.5 Å². The highest BCUT2D eigenvalue weighted by Gasteiger charge is 2.19. The summed E-state index contributed by atoms with van der Waals surface area (Å²) in [5.74, 6) is 0.735. The van der Waals surface area contributed by atoms with Crippen molar-refractivity contribution < 1.29 is 9.90 Å². The molecule has 0 aromatic carbocycles. The Hall–Kier alpha value is -0.570. The fraction of sp³-hybridized carbons (Fsp3) is 0.917. The summed E-state index contributed by atoms with van der Waals surface area (Å²) in [4.78, 5) is 13.6. The Morgan fingerprint density at radius 1 is 1.20 bits per heavy atom. The van der Waals surface area contributed by atoms with E-state index >= 15 is 0 Å². The molecule has 0 fully saturated rings. The van der Waals surface area contributed by atoms with Gasteiger partial charge in [-0.3, -0.25) is 4.79 Å². The van der Waals surface area contributed by atoms with Crippen molar-refractivity contribution in [3.8, 4) is 0 Å². The number of aliphatic hydroxyl groups excluding tert-OH is 1. The Labute approximate surface area is 93.5 Å². The van der Waals surface area contributed by atoms with E-state index in [0.717, 1.165) is 25.8 Å². The SMILES string of the molecule is CC(C)C(C)C(=O)N(C)CCCCCO. The van der Waals surface area contributed by atoms with Gasteiger partial charge in [0.05, 0.1) is 0 Å². The minimum atomic E-state index is 0.104. The summed E-state index contributed by atoms with van der Waals surface area (Å²) in [5.41, 5.74) is 0. The van der Waals surface area contributed by atoms with E-state index in [1.54, 1.807) is 0 Å². The van der Waals surface area contributed by atoms with Crippen LogP contribution in [0.5, 0.6) is 0 Å². The van der Waals surface area contributed by atoms with Crippen LogP contribution in [-0.4, -0.2) is 36.1 Å². The maximum Gasteiger partial charge on any atom is 0.225 e. The van der Waals surface area contributed by atoms with Gasteiger partial charge in [0.25, 0.3) is 0 Å². The minimum absolute atomic E-state index is 0.104. The molecule has 0 aromatic heterocycles. The van der Waals surface area contributed by atoms with Crippen molar-refractivity contribution in [2.45, 2.75) is 40.0 Å². The fourth-order valence-electron chi connectivity index (χ4n) is 1.38. The van der Waals surface area contributed by atoms with Gasteiger partial charge in [0, 0.05) is 26.1 Å². The molecule has 0 radical (unpaired) electrons. The lowest BCUT2D eigenvalue weighted by Gasteiger charge is -2.23. The third-order valence-corrected chi connectivity index (χ3v) is 2.92. The standard InChI is InChI=1S/C12H25NO2/c1-10(2)11(3)12(15)13(4)8-6-5-7-9-14/h10-11,14H,5-9H2,1-4H3. The highest BCUT2D eigenvalue weighted by atomic mass is 16.2. The average Bonchev–Trinajstić information content (AvgIpc) is 2.21. The highest BCUT2D eigenvalue weighted by Crippen LogP contribution is 2.12. The predicted molar refractivity (Wildman–Crippen MR) is 62.6 cm³/mol. The summed E-state index contributed by atoms with van der Waals surface area (Å²) in [7, 11) is 1.86. The lowest BCUT2D eigenvalue weighted by Crippen LogP contribution is -2.34. The molecule has 1 atom stereocenters. The highest BCUT2D eigenvalue weighted by molar-refractivity contribution is 5.78. The van der Waals surface area contributed by atoms with Crippen LogP contribution in [0.15, 0.2) is 0 Å². The Bertz CT molecular complexity index is 180. The first-order chi connectivity index (χ1) is 7.00. The smallest absolute Gasteiger partial charge is 0.225 e. The summed E-state index contributed by atoms with van der Waals surface area (Å²) >= 11 is 0. The third kappa shape index (κ3) is 5.78. The number of aliphatic hydroxyl groups is 1. The van der Waals surface area contributed by atoms with Crippen LogP contribution in [0.1, 0.15) is 40.0 Å². The van der Waals surface area contributed by atoms with Gasteiger partial charge in [0.15, 0.2) is 0 Å². The van der Waals surface area contributed by atoms with Gasteiger partial charge in [-0.05, 0) is 25.2 Å². The van der Waals surface area contributed by atoms with Crippen molar-refractivity contribution in [2.75, 3.05) is 20.2 Å². The number of hydrogen-bond acceptors (Lipinski definition) is 2. The van der Waals surface area contributed by atoms with E-state index in [0.29, 0.717) is 5.92 Å². The molecular weight excluding hydrogens is 190 g/mol. The molecule has 0 spiro atoms. The molecule has 0 saturated carbocycles. The van der Waals surface area contributed by atoms with Crippen LogP contribution in [0.4, 0.5) is 0 Å². The van der Waals surface area contributed by atoms with E-state index in [-0.39, 0.29) is 18.4 Å². The first-order valence-electron chi connectivity index (χ1n) is 5.86. The van der Waals surface area contributed by atoms with Crippen molar-refractivity contribution in [3.63, 3.8) is 0 Å². The second-order valence-corrected chi connectivity index (χ2v) is 4.58. The molecule has 0 rings (SSSR count). The number of hydrogen-bond donors (Lipinski definition) is 1. The molecule has 1 unspecified atom stereocenters. The van der Waals surface area contributed by atoms with Crippen molar-refractivity contribution in [1.29, 1.82) is 0 Å². The lowest BCUT2D eigenvalue weighted by molar-refractivity contribution is -0.135. The monoisotopic (exact) mass is 215 g/mol. The van der Waals surface area contributed by atoms with Gasteiger partial charge in [-0.2, -0.15) is 0 Å². The normalized spacial score (nSPS) is 12.9. The van der Waals surface area contributed by atoms with Crippen molar-refractivity contribution in [3.05, 3.63) is 0 Å². The summed E-state index contributed by atoms with van der Waals surface area (Å²) in [5, 5.41) is 8.62. The number of nitrogens with zero attached hydrogens (tertiary/aromatic N) is 1. The molecule has 1 N–H and O–H groups in total. The van der Waals surface area contributed by atoms with E-state index in [2.05, 4.69) is 13.8 Å². The van der Waals surface area contributed by atoms with Crippen LogP contribution >= 0.6 is 0 Å². The van der Waals surface area contributed by atoms with Gasteiger partial charge >= 0.3 is 0 Å². The zero-order valence-electron chi connectivity index (χ0n) is 10.5. The van der Waals surface area contributed by atoms with E-state index in [1.165, 1.54) is 0 Å². The quantitative estimate of drug-likeness (QED) is 0.659. The maximum atomic E-state index is 11.8. The molecule has 0 aromatic rings. The molecule has 0 bridgehead atoms. The van der Waals surface area contributed by atoms with Crippen LogP contribution in [0.3, 0.4) is 0 Å². The predicted octanol–water partition coefficient (Wildman–Crippen LogP) is 1.90. The maximum absolute atomic E-state index is 11.8. The molecule has 1 amide bonds. The van der Waals surface area contributed by atoms with Crippen molar-refractivity contribution in [2.24, 2.45) is 11.8 Å². The van der Waals surface area contributed by atoms with Gasteiger partial charge in [0.1, 0.15) is 0 Å². The first-order valence-corrected chi connectivity index (χ1v) is 5.86. The molecule has 90 valence electrons. The van der Waals surface area contributed by atoms with E-state index < -0.39 is 0 Å². The van der Waals surface area contributed by atoms with Crippen LogP contribution in [-0.2, 0) is 4.79 Å². The molecule has 15 heavy (non-hydrogen) atoms. The zero-order chi connectivity index (χ0) is 11.8. The second-order valence-electron chi connectivity index (χ2n) is 4.58. The molecule has 0 heterocycles. The van der Waals surface area contributed by atoms with Gasteiger partial charge in [0.2, 0.25) is 5.91 Å². The Morgan fingerprint density at radius 3 is 2.27 bits per heavy atom. The molecule has 0 aliphatic heterocycles. The summed E-state index contributed by atoms with van der Waals surface area (Å²) in [6.07, 6.45) is 2.81. The largest absolute Gasteiger partial charge is 0.396 e. The van der Waals surface area contributed by atoms with Crippen LogP contribution < -0.4 is 0 Å². The van der Waals surface area contributed by atoms with Gasteiger partial charge in [-0.1, -0.05) is 20.8 Å². The van der Waals surface area contributed by atoms with Crippen molar-refractivity contribution in [1.82, 2.24) is 4.90 Å². The van der Waals surface area contributed by atoms with Gasteiger partial charge in [-0.25, -0.2) is 0 Å². The fourth-order valence-corrected chi connectivity index (χ4v) is 1.38. The summed E-state index contributed by atoms with van der Waals surface area (Å²) in [6.45, 7) is 7.18. The molecule has 0 aliphatic carbocycles. The van der Waals surface area contributed by atoms with Crippen LogP contribution in [0.25, 0.3) is 0 Å². The molecular formula is C12H25NO2. The third-order valence-electron chi connectivity index (χ3n) is 2.92. The van der Waals surface area contributed by atoms with Gasteiger partial charge in [-0.15, -0.1) is 0 Å². The molecule has 3 nitrogen and oxygen atoms in total. The Morgan fingerprint density at radius 2 is 1.80 bits per heavy atom. The number of carbonyl (C=O) groups is 1. The average molecular weight is 215 g/mol. The summed E-state index contributed by atoms with van der Waals surface area (Å²) in [6, 6.07) is 0. The lowest BCUT2D eigenvalue weighted by atomic mass is 9.97. The van der Waals surface area contributed by atoms with Crippen LogP contribution in [0, 0.1) is 11.8 Å². The van der Waals surface area contributed by atoms with E-state index in [4.69, 9.17) is 5.11 Å². The zero-order valence-corrected chi connectivity index (χ0v) is 10.5. The van der Waals surface area contributed by atoms with Gasteiger partial charge < -0.3 is 10.0 Å². The number of unbranched alkanes of at least 4 members (excludes halogenated alkanes) is 2. The first kappa shape index (κ1) is 14.4. The molecule has 0 saturated heterocycles. The minimum Gasteiger partial charge on any atom is -0.396 e. The number of rotatable bonds is 7. The molecule has 3 heteroatoms. The van der Waals surface area contributed by atoms with E-state index in [9.17, 15) is 4.79 Å². The number of amides is 1. The van der Waals surface area contributed by atoms with Crippen LogP contribution in [0.2, 0.25) is 0 Å². The Kier molecular flexibility index (Phi) is 7.39. The van der Waals surface area contributed by atoms with Crippen molar-refractivity contribution >= 4 is 5.91 Å².